The van der Waals surface area contributed by atoms with Gasteiger partial charge in [0.2, 0.25) is 0 Å². The van der Waals surface area contributed by atoms with Gasteiger partial charge >= 0.3 is 5.97 Å². The zero-order valence-corrected chi connectivity index (χ0v) is 13.9. The minimum Gasteiger partial charge on any atom is -0.465 e. The summed E-state index contributed by atoms with van der Waals surface area (Å²) in [5.74, 6) is -0.0865. The number of nitrogens with zero attached hydrogens (tertiary/aromatic N) is 1. The third-order valence-electron chi connectivity index (χ3n) is 3.84. The van der Waals surface area contributed by atoms with Crippen LogP contribution in [0.1, 0.15) is 31.7 Å². The summed E-state index contributed by atoms with van der Waals surface area (Å²) in [7, 11) is 1.31. The normalized spacial score (nSPS) is 16.9. The van der Waals surface area contributed by atoms with E-state index in [4.69, 9.17) is 0 Å². The Bertz CT molecular complexity index is 763. The molecule has 0 aliphatic carbocycles. The van der Waals surface area contributed by atoms with Gasteiger partial charge in [-0.3, -0.25) is 4.79 Å². The first-order valence-electron chi connectivity index (χ1n) is 7.46. The molecule has 24 heavy (non-hydrogen) atoms. The van der Waals surface area contributed by atoms with Gasteiger partial charge in [0.05, 0.1) is 12.7 Å². The molecule has 1 atom stereocenters. The fourth-order valence-electron chi connectivity index (χ4n) is 2.65. The summed E-state index contributed by atoms with van der Waals surface area (Å²) in [6, 6.07) is 12.7. The molecule has 2 aromatic carbocycles. The minimum atomic E-state index is -0.441. The highest BCUT2D eigenvalue weighted by molar-refractivity contribution is 7.99. The summed E-state index contributed by atoms with van der Waals surface area (Å²) in [5.41, 5.74) is 1.66. The van der Waals surface area contributed by atoms with E-state index in [0.717, 1.165) is 11.3 Å². The van der Waals surface area contributed by atoms with Gasteiger partial charge in [0.15, 0.2) is 0 Å². The number of esters is 1. The van der Waals surface area contributed by atoms with E-state index in [1.54, 1.807) is 47.0 Å². The van der Waals surface area contributed by atoms with E-state index in [0.29, 0.717) is 17.7 Å². The Hall–Kier alpha value is -2.34. The zero-order valence-electron chi connectivity index (χ0n) is 13.1. The Morgan fingerprint density at radius 2 is 1.88 bits per heavy atom. The molecule has 1 fully saturated rings. The average molecular weight is 345 g/mol. The van der Waals surface area contributed by atoms with Crippen LogP contribution in [-0.2, 0) is 4.74 Å². The molecule has 0 aromatic heterocycles. The van der Waals surface area contributed by atoms with Gasteiger partial charge in [0.1, 0.15) is 11.2 Å². The Kier molecular flexibility index (Phi) is 4.85. The first-order valence-corrected chi connectivity index (χ1v) is 8.51. The summed E-state index contributed by atoms with van der Waals surface area (Å²) in [5, 5.41) is -0.200. The van der Waals surface area contributed by atoms with Gasteiger partial charge in [-0.15, -0.1) is 11.8 Å². The van der Waals surface area contributed by atoms with E-state index >= 15 is 0 Å². The summed E-state index contributed by atoms with van der Waals surface area (Å²) in [6.07, 6.45) is 0. The van der Waals surface area contributed by atoms with Crippen molar-refractivity contribution >= 4 is 23.6 Å². The van der Waals surface area contributed by atoms with Crippen molar-refractivity contribution in [1.29, 1.82) is 0 Å². The molecule has 0 saturated carbocycles. The Morgan fingerprint density at radius 3 is 2.54 bits per heavy atom. The van der Waals surface area contributed by atoms with Gasteiger partial charge in [-0.1, -0.05) is 12.1 Å². The second kappa shape index (κ2) is 7.05. The SMILES string of the molecule is COC(=O)c1ccc(C(=O)N2CCS[C@@H]2c2cccc(F)c2)cc1. The third-order valence-corrected chi connectivity index (χ3v) is 5.10. The first-order chi connectivity index (χ1) is 11.6. The van der Waals surface area contributed by atoms with Crippen molar-refractivity contribution in [2.45, 2.75) is 5.37 Å². The van der Waals surface area contributed by atoms with E-state index < -0.39 is 5.97 Å². The number of hydrogen-bond acceptors (Lipinski definition) is 4. The van der Waals surface area contributed by atoms with Crippen molar-refractivity contribution in [3.05, 3.63) is 71.0 Å². The molecule has 0 radical (unpaired) electrons. The molecule has 0 spiro atoms. The lowest BCUT2D eigenvalue weighted by Gasteiger charge is -2.24. The number of carbonyl (C=O) groups excluding carboxylic acids is 2. The van der Waals surface area contributed by atoms with E-state index in [2.05, 4.69) is 4.74 Å². The van der Waals surface area contributed by atoms with Gasteiger partial charge in [0.25, 0.3) is 5.91 Å². The van der Waals surface area contributed by atoms with E-state index in [-0.39, 0.29) is 17.1 Å². The van der Waals surface area contributed by atoms with Crippen molar-refractivity contribution in [2.75, 3.05) is 19.4 Å². The molecule has 1 aliphatic rings. The number of thioether (sulfide) groups is 1. The number of ether oxygens (including phenoxy) is 1. The molecule has 0 N–H and O–H groups in total. The topological polar surface area (TPSA) is 46.6 Å². The van der Waals surface area contributed by atoms with Gasteiger partial charge in [-0.2, -0.15) is 0 Å². The molecule has 3 rings (SSSR count). The van der Waals surface area contributed by atoms with Gasteiger partial charge in [0, 0.05) is 17.9 Å². The number of methoxy groups -OCH3 is 1. The van der Waals surface area contributed by atoms with E-state index in [1.807, 2.05) is 6.07 Å². The second-order valence-corrected chi connectivity index (χ2v) is 6.53. The monoisotopic (exact) mass is 345 g/mol. The quantitative estimate of drug-likeness (QED) is 0.799. The lowest BCUT2D eigenvalue weighted by atomic mass is 10.1. The summed E-state index contributed by atoms with van der Waals surface area (Å²) in [6.45, 7) is 0.601. The molecule has 1 aliphatic heterocycles. The number of carbonyl (C=O) groups is 2. The van der Waals surface area contributed by atoms with Crippen molar-refractivity contribution < 1.29 is 18.7 Å². The van der Waals surface area contributed by atoms with E-state index in [1.165, 1.54) is 19.2 Å². The van der Waals surface area contributed by atoms with Crippen LogP contribution < -0.4 is 0 Å². The maximum atomic E-state index is 13.5. The standard InChI is InChI=1S/C18H16FNO3S/c1-23-18(22)13-7-5-12(6-8-13)16(21)20-9-10-24-17(20)14-3-2-4-15(19)11-14/h2-8,11,17H,9-10H2,1H3/t17-/m1/s1. The largest absolute Gasteiger partial charge is 0.465 e. The average Bonchev–Trinajstić information content (AvgIpc) is 3.10. The van der Waals surface area contributed by atoms with Crippen molar-refractivity contribution in [3.8, 4) is 0 Å². The second-order valence-electron chi connectivity index (χ2n) is 5.35. The van der Waals surface area contributed by atoms with Crippen LogP contribution in [0.3, 0.4) is 0 Å². The Labute approximate surface area is 143 Å². The highest BCUT2D eigenvalue weighted by atomic mass is 32.2. The van der Waals surface area contributed by atoms with E-state index in [9.17, 15) is 14.0 Å². The Morgan fingerprint density at radius 1 is 1.17 bits per heavy atom. The number of amides is 1. The highest BCUT2D eigenvalue weighted by Gasteiger charge is 2.31. The van der Waals surface area contributed by atoms with Crippen molar-refractivity contribution in [1.82, 2.24) is 4.90 Å². The smallest absolute Gasteiger partial charge is 0.337 e. The minimum absolute atomic E-state index is 0.134. The molecule has 124 valence electrons. The maximum absolute atomic E-state index is 13.5. The van der Waals surface area contributed by atoms with Crippen LogP contribution in [0.5, 0.6) is 0 Å². The zero-order chi connectivity index (χ0) is 17.1. The molecule has 6 heteroatoms. The fraction of sp³-hybridized carbons (Fsp3) is 0.222. The summed E-state index contributed by atoms with van der Waals surface area (Å²) in [4.78, 5) is 26.0. The third kappa shape index (κ3) is 3.28. The van der Waals surface area contributed by atoms with Crippen LogP contribution in [0.4, 0.5) is 4.39 Å². The number of rotatable bonds is 3. The molecule has 1 amide bonds. The summed E-state index contributed by atoms with van der Waals surface area (Å²) < 4.78 is 18.1. The van der Waals surface area contributed by atoms with Crippen molar-refractivity contribution in [3.63, 3.8) is 0 Å². The predicted octanol–water partition coefficient (Wildman–Crippen LogP) is 3.50. The van der Waals surface area contributed by atoms with Crippen LogP contribution in [0.15, 0.2) is 48.5 Å². The van der Waals surface area contributed by atoms with Gasteiger partial charge in [-0.05, 0) is 42.0 Å². The van der Waals surface area contributed by atoms with Crippen LogP contribution in [-0.4, -0.2) is 36.2 Å². The van der Waals surface area contributed by atoms with Crippen LogP contribution >= 0.6 is 11.8 Å². The highest BCUT2D eigenvalue weighted by Crippen LogP contribution is 2.38. The number of benzene rings is 2. The molecule has 0 unspecified atom stereocenters. The van der Waals surface area contributed by atoms with Crippen LogP contribution in [0, 0.1) is 5.82 Å². The first kappa shape index (κ1) is 16.5. The van der Waals surface area contributed by atoms with Crippen LogP contribution in [0.2, 0.25) is 0 Å². The van der Waals surface area contributed by atoms with Crippen molar-refractivity contribution in [2.24, 2.45) is 0 Å². The number of hydrogen-bond donors (Lipinski definition) is 0. The van der Waals surface area contributed by atoms with Gasteiger partial charge < -0.3 is 9.64 Å². The molecular formula is C18H16FNO3S. The molecular weight excluding hydrogens is 329 g/mol. The maximum Gasteiger partial charge on any atom is 0.337 e. The summed E-state index contributed by atoms with van der Waals surface area (Å²) >= 11 is 1.61. The predicted molar refractivity (Wildman–Crippen MR) is 90.4 cm³/mol. The lowest BCUT2D eigenvalue weighted by molar-refractivity contribution is 0.0599. The molecule has 1 heterocycles. The number of halogens is 1. The molecule has 4 nitrogen and oxygen atoms in total. The molecule has 1 saturated heterocycles. The lowest BCUT2D eigenvalue weighted by Crippen LogP contribution is -2.30. The fourth-order valence-corrected chi connectivity index (χ4v) is 3.89. The molecule has 0 bridgehead atoms. The van der Waals surface area contributed by atoms with Gasteiger partial charge in [-0.25, -0.2) is 9.18 Å². The Balaban J connectivity index is 1.82. The molecule has 2 aromatic rings. The van der Waals surface area contributed by atoms with Crippen LogP contribution in [0.25, 0.3) is 0 Å².